The molecule has 1 aliphatic rings. The second-order valence-corrected chi connectivity index (χ2v) is 9.12. The summed E-state index contributed by atoms with van der Waals surface area (Å²) in [6.45, 7) is 0.448. The number of hydrogen-bond donors (Lipinski definition) is 0. The number of non-ortho nitro benzene ring substituents is 1. The lowest BCUT2D eigenvalue weighted by Crippen LogP contribution is -2.30. The highest BCUT2D eigenvalue weighted by Crippen LogP contribution is 2.31. The molecule has 2 aromatic heterocycles. The van der Waals surface area contributed by atoms with Crippen LogP contribution in [0.15, 0.2) is 83.7 Å². The summed E-state index contributed by atoms with van der Waals surface area (Å²) in [6.07, 6.45) is 0.403. The first-order valence-corrected chi connectivity index (χ1v) is 12.3. The second-order valence-electron chi connectivity index (χ2n) is 9.12. The molecule has 0 saturated carbocycles. The summed E-state index contributed by atoms with van der Waals surface area (Å²) in [4.78, 5) is 54.7. The topological polar surface area (TPSA) is 140 Å². The van der Waals surface area contributed by atoms with E-state index in [9.17, 15) is 29.8 Å². The lowest BCUT2D eigenvalue weighted by molar-refractivity contribution is -0.384. The average Bonchev–Trinajstić information content (AvgIpc) is 3.41. The number of hydroxylamine groups is 2. The van der Waals surface area contributed by atoms with Gasteiger partial charge in [-0.3, -0.25) is 33.9 Å². The van der Waals surface area contributed by atoms with Crippen LogP contribution in [0.4, 0.5) is 5.69 Å². The van der Waals surface area contributed by atoms with E-state index in [2.05, 4.69) is 0 Å². The summed E-state index contributed by atoms with van der Waals surface area (Å²) in [6, 6.07) is 23.0. The Balaban J connectivity index is 1.36. The van der Waals surface area contributed by atoms with Crippen LogP contribution >= 0.6 is 0 Å². The second kappa shape index (κ2) is 9.61. The maximum atomic E-state index is 13.4. The molecular weight excluding hydrogens is 514 g/mol. The quantitative estimate of drug-likeness (QED) is 0.131. The predicted molar refractivity (Wildman–Crippen MR) is 144 cm³/mol. The van der Waals surface area contributed by atoms with E-state index in [-0.39, 0.29) is 17.9 Å². The third-order valence-electron chi connectivity index (χ3n) is 6.86. The molecule has 0 spiro atoms. The van der Waals surface area contributed by atoms with Crippen molar-refractivity contribution in [2.24, 2.45) is 0 Å². The van der Waals surface area contributed by atoms with Gasteiger partial charge < -0.3 is 4.57 Å². The van der Waals surface area contributed by atoms with Crippen LogP contribution in [0.25, 0.3) is 27.6 Å². The Morgan fingerprint density at radius 3 is 2.17 bits per heavy atom. The van der Waals surface area contributed by atoms with Gasteiger partial charge in [0.05, 0.1) is 39.2 Å². The van der Waals surface area contributed by atoms with Gasteiger partial charge in [-0.1, -0.05) is 30.3 Å². The van der Waals surface area contributed by atoms with Gasteiger partial charge in [0.15, 0.2) is 0 Å². The van der Waals surface area contributed by atoms with Crippen LogP contribution in [0.1, 0.15) is 32.7 Å². The van der Waals surface area contributed by atoms with Gasteiger partial charge in [-0.2, -0.15) is 5.26 Å². The van der Waals surface area contributed by atoms with Crippen LogP contribution < -0.4 is 5.56 Å². The molecule has 0 bridgehead atoms. The minimum absolute atomic E-state index is 0.0621. The fourth-order valence-corrected chi connectivity index (χ4v) is 5.06. The van der Waals surface area contributed by atoms with Crippen LogP contribution in [-0.4, -0.2) is 37.5 Å². The van der Waals surface area contributed by atoms with E-state index >= 15 is 0 Å². The summed E-state index contributed by atoms with van der Waals surface area (Å²) in [5.74, 6) is -1.02. The van der Waals surface area contributed by atoms with Gasteiger partial charge in [0, 0.05) is 29.8 Å². The molecule has 0 saturated heterocycles. The molecule has 0 radical (unpaired) electrons. The summed E-state index contributed by atoms with van der Waals surface area (Å²) in [5, 5.41) is 22.4. The molecule has 11 nitrogen and oxygen atoms in total. The molecule has 40 heavy (non-hydrogen) atoms. The smallest absolute Gasteiger partial charge is 0.285 e. The molecular formula is C29H19N5O6. The number of amides is 2. The van der Waals surface area contributed by atoms with Crippen molar-refractivity contribution in [2.75, 3.05) is 6.61 Å². The van der Waals surface area contributed by atoms with Crippen LogP contribution in [0.3, 0.4) is 0 Å². The van der Waals surface area contributed by atoms with Crippen LogP contribution in [0.2, 0.25) is 0 Å². The first-order chi connectivity index (χ1) is 19.4. The highest BCUT2D eigenvalue weighted by atomic mass is 16.7. The normalized spacial score (nSPS) is 12.7. The van der Waals surface area contributed by atoms with E-state index in [0.717, 1.165) is 16.0 Å². The minimum atomic E-state index is -0.541. The summed E-state index contributed by atoms with van der Waals surface area (Å²) in [7, 11) is 0. The Kier molecular flexibility index (Phi) is 5.94. The van der Waals surface area contributed by atoms with Crippen molar-refractivity contribution >= 4 is 39.4 Å². The number of hydrogen-bond acceptors (Lipinski definition) is 7. The Labute approximate surface area is 225 Å². The van der Waals surface area contributed by atoms with Gasteiger partial charge in [0.1, 0.15) is 11.6 Å². The van der Waals surface area contributed by atoms with Crippen LogP contribution in [-0.2, 0) is 11.4 Å². The number of aromatic nitrogens is 2. The zero-order chi connectivity index (χ0) is 28.0. The summed E-state index contributed by atoms with van der Waals surface area (Å²) >= 11 is 0. The molecule has 0 atom stereocenters. The number of imide groups is 1. The molecule has 3 aromatic carbocycles. The maximum Gasteiger partial charge on any atom is 0.285 e. The van der Waals surface area contributed by atoms with Crippen molar-refractivity contribution in [3.05, 3.63) is 116 Å². The van der Waals surface area contributed by atoms with E-state index in [1.807, 2.05) is 34.9 Å². The molecule has 0 N–H and O–H groups in total. The number of rotatable bonds is 7. The fourth-order valence-electron chi connectivity index (χ4n) is 5.06. The van der Waals surface area contributed by atoms with Crippen molar-refractivity contribution in [3.8, 4) is 11.8 Å². The number of nitriles is 1. The molecule has 1 aliphatic heterocycles. The van der Waals surface area contributed by atoms with Crippen LogP contribution in [0.5, 0.6) is 0 Å². The maximum absolute atomic E-state index is 13.4. The van der Waals surface area contributed by atoms with Crippen LogP contribution in [0, 0.1) is 21.4 Å². The Hall–Kier alpha value is -5.60. The van der Waals surface area contributed by atoms with E-state index in [0.29, 0.717) is 40.8 Å². The molecule has 196 valence electrons. The zero-order valence-corrected chi connectivity index (χ0v) is 20.8. The van der Waals surface area contributed by atoms with E-state index < -0.39 is 22.3 Å². The Bertz CT molecular complexity index is 1930. The van der Waals surface area contributed by atoms with E-state index in [4.69, 9.17) is 4.84 Å². The molecule has 0 fully saturated rings. The fraction of sp³-hybridized carbons (Fsp3) is 0.103. The van der Waals surface area contributed by atoms with Crippen molar-refractivity contribution in [1.82, 2.24) is 14.2 Å². The largest absolute Gasteiger partial charge is 0.339 e. The summed E-state index contributed by atoms with van der Waals surface area (Å²) < 4.78 is 3.34. The number of carbonyl (C=O) groups is 2. The lowest BCUT2D eigenvalue weighted by atomic mass is 10.1. The number of nitro benzene ring substituents is 1. The van der Waals surface area contributed by atoms with Gasteiger partial charge >= 0.3 is 0 Å². The van der Waals surface area contributed by atoms with Gasteiger partial charge in [0.2, 0.25) is 0 Å². The minimum Gasteiger partial charge on any atom is -0.339 e. The number of para-hydroxylation sites is 1. The highest BCUT2D eigenvalue weighted by Gasteiger charge is 2.36. The first-order valence-electron chi connectivity index (χ1n) is 12.3. The number of nitro groups is 1. The average molecular weight is 534 g/mol. The number of benzene rings is 3. The molecule has 0 unspecified atom stereocenters. The zero-order valence-electron chi connectivity index (χ0n) is 20.8. The van der Waals surface area contributed by atoms with Gasteiger partial charge in [0.25, 0.3) is 23.1 Å². The third-order valence-corrected chi connectivity index (χ3v) is 6.86. The molecule has 3 heterocycles. The SMILES string of the molecule is N#Cc1cc2c(c3ccccc3n2CCCON2C(=O)c3ccccc3C2=O)n(-c2ccc([N+](=O)[O-])cc2)c1=O. The van der Waals surface area contributed by atoms with Crippen molar-refractivity contribution in [3.63, 3.8) is 0 Å². The monoisotopic (exact) mass is 533 g/mol. The molecule has 0 aliphatic carbocycles. The number of nitrogens with zero attached hydrogens (tertiary/aromatic N) is 5. The molecule has 6 rings (SSSR count). The third kappa shape index (κ3) is 3.82. The van der Waals surface area contributed by atoms with Gasteiger partial charge in [-0.25, -0.2) is 0 Å². The number of aryl methyl sites for hydroxylation is 1. The molecule has 5 aromatic rings. The number of carbonyl (C=O) groups excluding carboxylic acids is 2. The summed E-state index contributed by atoms with van der Waals surface area (Å²) in [5.41, 5.74) is 2.18. The van der Waals surface area contributed by atoms with Crippen molar-refractivity contribution in [2.45, 2.75) is 13.0 Å². The van der Waals surface area contributed by atoms with Crippen molar-refractivity contribution < 1.29 is 19.3 Å². The highest BCUT2D eigenvalue weighted by molar-refractivity contribution is 6.20. The number of pyridine rings is 1. The molecule has 11 heteroatoms. The van der Waals surface area contributed by atoms with E-state index in [1.165, 1.54) is 34.9 Å². The van der Waals surface area contributed by atoms with Crippen molar-refractivity contribution in [1.29, 1.82) is 5.26 Å². The van der Waals surface area contributed by atoms with E-state index in [1.54, 1.807) is 24.3 Å². The Morgan fingerprint density at radius 1 is 0.875 bits per heavy atom. The van der Waals surface area contributed by atoms with Gasteiger partial charge in [-0.05, 0) is 42.8 Å². The lowest BCUT2D eigenvalue weighted by Gasteiger charge is -2.14. The Morgan fingerprint density at radius 2 is 1.52 bits per heavy atom. The standard InChI is InChI=1S/C29H19N5O6/c30-17-18-16-25-26(32(27(18)35)19-10-12-20(13-11-19)34(38)39)23-8-3-4-9-24(23)31(25)14-5-15-40-33-28(36)21-6-1-2-7-22(21)29(33)37/h1-4,6-13,16H,5,14-15H2. The predicted octanol–water partition coefficient (Wildman–Crippen LogP) is 4.34. The van der Waals surface area contributed by atoms with Gasteiger partial charge in [-0.15, -0.1) is 5.06 Å². The number of fused-ring (bicyclic) bond motifs is 4. The molecule has 2 amide bonds. The first kappa shape index (κ1) is 24.7.